The molecule has 1 aromatic carbocycles. The number of carbonyl (C=O) groups excluding carboxylic acids is 1. The SMILES string of the molecule is CC(C)c1ccc2nc(NC(=O)N3CCN(c4ncccc4Cl)C[C@H]3C)sc2c1. The Morgan fingerprint density at radius 3 is 2.86 bits per heavy atom. The van der Waals surface area contributed by atoms with Gasteiger partial charge in [-0.1, -0.05) is 42.9 Å². The Hall–Kier alpha value is -2.38. The third-order valence-electron chi connectivity index (χ3n) is 5.22. The second-order valence-electron chi connectivity index (χ2n) is 7.63. The van der Waals surface area contributed by atoms with Crippen LogP contribution in [0.4, 0.5) is 15.7 Å². The standard InChI is InChI=1S/C21H24ClN5OS/c1-13(2)15-6-7-17-18(11-15)29-20(24-17)25-21(28)27-10-9-26(12-14(27)3)19-16(22)5-4-8-23-19/h4-8,11,13-14H,9-10,12H2,1-3H3,(H,24,25,28)/t14-/m1/s1. The molecule has 0 unspecified atom stereocenters. The number of piperazine rings is 1. The summed E-state index contributed by atoms with van der Waals surface area (Å²) < 4.78 is 1.09. The van der Waals surface area contributed by atoms with Crippen LogP contribution in [-0.4, -0.2) is 46.6 Å². The fourth-order valence-electron chi connectivity index (χ4n) is 3.58. The Morgan fingerprint density at radius 1 is 1.31 bits per heavy atom. The summed E-state index contributed by atoms with van der Waals surface area (Å²) in [6.45, 7) is 8.35. The number of nitrogens with zero attached hydrogens (tertiary/aromatic N) is 4. The van der Waals surface area contributed by atoms with Crippen molar-refractivity contribution in [3.8, 4) is 0 Å². The van der Waals surface area contributed by atoms with Gasteiger partial charge in [0.25, 0.3) is 0 Å². The fourth-order valence-corrected chi connectivity index (χ4v) is 4.72. The number of fused-ring (bicyclic) bond motifs is 1. The number of rotatable bonds is 3. The molecule has 0 aliphatic carbocycles. The second kappa shape index (κ2) is 8.16. The van der Waals surface area contributed by atoms with E-state index in [1.54, 1.807) is 6.20 Å². The third-order valence-corrected chi connectivity index (χ3v) is 6.45. The zero-order chi connectivity index (χ0) is 20.5. The minimum atomic E-state index is -0.118. The van der Waals surface area contributed by atoms with Gasteiger partial charge in [0.1, 0.15) is 5.82 Å². The van der Waals surface area contributed by atoms with Crippen molar-refractivity contribution >= 4 is 50.1 Å². The van der Waals surface area contributed by atoms with Crippen molar-refractivity contribution < 1.29 is 4.79 Å². The van der Waals surface area contributed by atoms with E-state index in [9.17, 15) is 4.79 Å². The van der Waals surface area contributed by atoms with Crippen molar-refractivity contribution in [2.75, 3.05) is 29.9 Å². The lowest BCUT2D eigenvalue weighted by molar-refractivity contribution is 0.184. The lowest BCUT2D eigenvalue weighted by Crippen LogP contribution is -2.55. The van der Waals surface area contributed by atoms with Gasteiger partial charge < -0.3 is 9.80 Å². The molecule has 0 spiro atoms. The molecular weight excluding hydrogens is 406 g/mol. The molecule has 1 N–H and O–H groups in total. The molecule has 6 nitrogen and oxygen atoms in total. The van der Waals surface area contributed by atoms with E-state index in [-0.39, 0.29) is 12.1 Å². The second-order valence-corrected chi connectivity index (χ2v) is 9.07. The molecule has 29 heavy (non-hydrogen) atoms. The number of halogens is 1. The maximum atomic E-state index is 12.9. The van der Waals surface area contributed by atoms with Gasteiger partial charge in [-0.25, -0.2) is 14.8 Å². The summed E-state index contributed by atoms with van der Waals surface area (Å²) in [4.78, 5) is 25.8. The van der Waals surface area contributed by atoms with Gasteiger partial charge in [-0.15, -0.1) is 0 Å². The topological polar surface area (TPSA) is 61.4 Å². The number of thiazole rings is 1. The van der Waals surface area contributed by atoms with Crippen molar-refractivity contribution in [3.63, 3.8) is 0 Å². The predicted octanol–water partition coefficient (Wildman–Crippen LogP) is 5.21. The molecule has 1 fully saturated rings. The molecule has 2 amide bonds. The van der Waals surface area contributed by atoms with Crippen LogP contribution in [-0.2, 0) is 0 Å². The Kier molecular flexibility index (Phi) is 5.61. The minimum Gasteiger partial charge on any atom is -0.352 e. The highest BCUT2D eigenvalue weighted by Crippen LogP contribution is 2.30. The molecule has 2 aromatic heterocycles. The van der Waals surface area contributed by atoms with Gasteiger partial charge in [-0.3, -0.25) is 5.32 Å². The van der Waals surface area contributed by atoms with Gasteiger partial charge in [0.2, 0.25) is 0 Å². The van der Waals surface area contributed by atoms with E-state index in [2.05, 4.69) is 46.2 Å². The first-order valence-corrected chi connectivity index (χ1v) is 11.0. The number of anilines is 2. The first-order valence-electron chi connectivity index (χ1n) is 9.76. The smallest absolute Gasteiger partial charge is 0.324 e. The highest BCUT2D eigenvalue weighted by molar-refractivity contribution is 7.22. The maximum absolute atomic E-state index is 12.9. The molecule has 3 heterocycles. The van der Waals surface area contributed by atoms with Gasteiger partial charge in [0, 0.05) is 31.9 Å². The molecule has 8 heteroatoms. The molecule has 4 rings (SSSR count). The number of hydrogen-bond donors (Lipinski definition) is 1. The molecule has 0 saturated carbocycles. The third kappa shape index (κ3) is 4.16. The largest absolute Gasteiger partial charge is 0.352 e. The molecular formula is C21H24ClN5OS. The number of amides is 2. The lowest BCUT2D eigenvalue weighted by Gasteiger charge is -2.40. The van der Waals surface area contributed by atoms with E-state index in [1.165, 1.54) is 16.9 Å². The van der Waals surface area contributed by atoms with E-state index in [0.29, 0.717) is 35.7 Å². The van der Waals surface area contributed by atoms with Crippen molar-refractivity contribution in [1.29, 1.82) is 0 Å². The summed E-state index contributed by atoms with van der Waals surface area (Å²) in [5.74, 6) is 1.23. The Balaban J connectivity index is 1.44. The zero-order valence-electron chi connectivity index (χ0n) is 16.7. The molecule has 0 radical (unpaired) electrons. The lowest BCUT2D eigenvalue weighted by atomic mass is 10.0. The molecule has 152 valence electrons. The molecule has 0 bridgehead atoms. The quantitative estimate of drug-likeness (QED) is 0.620. The number of carbonyl (C=O) groups is 1. The normalized spacial score (nSPS) is 17.2. The van der Waals surface area contributed by atoms with E-state index in [1.807, 2.05) is 30.0 Å². The van der Waals surface area contributed by atoms with Crippen molar-refractivity contribution in [2.45, 2.75) is 32.7 Å². The molecule has 1 saturated heterocycles. The maximum Gasteiger partial charge on any atom is 0.324 e. The van der Waals surface area contributed by atoms with Crippen LogP contribution >= 0.6 is 22.9 Å². The zero-order valence-corrected chi connectivity index (χ0v) is 18.3. The van der Waals surface area contributed by atoms with Crippen LogP contribution in [0.15, 0.2) is 36.5 Å². The van der Waals surface area contributed by atoms with Crippen molar-refractivity contribution in [2.24, 2.45) is 0 Å². The Labute approximate surface area is 179 Å². The number of benzene rings is 1. The number of hydrogen-bond acceptors (Lipinski definition) is 5. The molecule has 1 aliphatic rings. The monoisotopic (exact) mass is 429 g/mol. The average molecular weight is 430 g/mol. The summed E-state index contributed by atoms with van der Waals surface area (Å²) in [7, 11) is 0. The van der Waals surface area contributed by atoms with E-state index < -0.39 is 0 Å². The summed E-state index contributed by atoms with van der Waals surface area (Å²) in [5.41, 5.74) is 2.19. The van der Waals surface area contributed by atoms with Gasteiger partial charge in [0.05, 0.1) is 15.2 Å². The number of nitrogens with one attached hydrogen (secondary N) is 1. The summed E-state index contributed by atoms with van der Waals surface area (Å²) in [6, 6.07) is 9.85. The highest BCUT2D eigenvalue weighted by Gasteiger charge is 2.29. The summed E-state index contributed by atoms with van der Waals surface area (Å²) >= 11 is 7.79. The number of urea groups is 1. The van der Waals surface area contributed by atoms with Crippen molar-refractivity contribution in [3.05, 3.63) is 47.1 Å². The minimum absolute atomic E-state index is 0.0312. The van der Waals surface area contributed by atoms with Crippen LogP contribution < -0.4 is 10.2 Å². The van der Waals surface area contributed by atoms with Crippen molar-refractivity contribution in [1.82, 2.24) is 14.9 Å². The Bertz CT molecular complexity index is 1040. The number of pyridine rings is 1. The van der Waals surface area contributed by atoms with Gasteiger partial charge in [-0.05, 0) is 42.7 Å². The highest BCUT2D eigenvalue weighted by atomic mass is 35.5. The van der Waals surface area contributed by atoms with Crippen LogP contribution in [0.3, 0.4) is 0 Å². The average Bonchev–Trinajstić information content (AvgIpc) is 3.09. The Morgan fingerprint density at radius 2 is 2.14 bits per heavy atom. The van der Waals surface area contributed by atoms with Gasteiger partial charge >= 0.3 is 6.03 Å². The van der Waals surface area contributed by atoms with Gasteiger partial charge in [0.15, 0.2) is 5.13 Å². The first-order chi connectivity index (χ1) is 13.9. The van der Waals surface area contributed by atoms with E-state index in [0.717, 1.165) is 16.0 Å². The van der Waals surface area contributed by atoms with Crippen LogP contribution in [0, 0.1) is 0 Å². The van der Waals surface area contributed by atoms with Crippen LogP contribution in [0.25, 0.3) is 10.2 Å². The van der Waals surface area contributed by atoms with E-state index in [4.69, 9.17) is 11.6 Å². The fraction of sp³-hybridized carbons (Fsp3) is 0.381. The molecule has 3 aromatic rings. The summed E-state index contributed by atoms with van der Waals surface area (Å²) in [5, 5.41) is 4.25. The molecule has 1 aliphatic heterocycles. The first kappa shape index (κ1) is 19.9. The molecule has 1 atom stereocenters. The predicted molar refractivity (Wildman–Crippen MR) is 120 cm³/mol. The van der Waals surface area contributed by atoms with Crippen LogP contribution in [0.1, 0.15) is 32.3 Å². The van der Waals surface area contributed by atoms with Gasteiger partial charge in [-0.2, -0.15) is 0 Å². The van der Waals surface area contributed by atoms with Crippen LogP contribution in [0.2, 0.25) is 5.02 Å². The van der Waals surface area contributed by atoms with E-state index >= 15 is 0 Å². The summed E-state index contributed by atoms with van der Waals surface area (Å²) in [6.07, 6.45) is 1.74. The number of aromatic nitrogens is 2. The van der Waals surface area contributed by atoms with Crippen LogP contribution in [0.5, 0.6) is 0 Å².